The van der Waals surface area contributed by atoms with Crippen molar-refractivity contribution in [3.63, 3.8) is 0 Å². The van der Waals surface area contributed by atoms with Gasteiger partial charge >= 0.3 is 0 Å². The molecular weight excluding hydrogens is 330 g/mol. The van der Waals surface area contributed by atoms with Gasteiger partial charge in [0.25, 0.3) is 0 Å². The minimum Gasteiger partial charge on any atom is -0.253 e. The zero-order chi connectivity index (χ0) is 15.4. The monoisotopic (exact) mass is 345 g/mol. The van der Waals surface area contributed by atoms with Crippen molar-refractivity contribution in [1.29, 1.82) is 0 Å². The Labute approximate surface area is 141 Å². The number of hydrogen-bond acceptors (Lipinski definition) is 5. The van der Waals surface area contributed by atoms with Crippen LogP contribution < -0.4 is 4.80 Å². The van der Waals surface area contributed by atoms with Gasteiger partial charge in [0.05, 0.1) is 23.3 Å². The van der Waals surface area contributed by atoms with Crippen LogP contribution in [0.5, 0.6) is 0 Å². The van der Waals surface area contributed by atoms with Gasteiger partial charge in [-0.25, -0.2) is 4.68 Å². The van der Waals surface area contributed by atoms with Gasteiger partial charge in [-0.2, -0.15) is 5.10 Å². The Kier molecular flexibility index (Phi) is 4.82. The Hall–Kier alpha value is -1.76. The maximum absolute atomic E-state index is 4.64. The number of thiazole rings is 1. The second kappa shape index (κ2) is 7.00. The summed E-state index contributed by atoms with van der Waals surface area (Å²) in [5, 5.41) is 10.9. The van der Waals surface area contributed by atoms with Gasteiger partial charge in [0.1, 0.15) is 0 Å². The SMILES string of the molecule is C=C(C)CN=c1scc(-c2cccs2)n1N=Cc1cccs1. The van der Waals surface area contributed by atoms with Crippen LogP contribution in [0.15, 0.2) is 62.7 Å². The molecule has 3 aromatic rings. The van der Waals surface area contributed by atoms with Crippen LogP contribution in [0, 0.1) is 0 Å². The Morgan fingerprint density at radius 1 is 1.23 bits per heavy atom. The summed E-state index contributed by atoms with van der Waals surface area (Å²) in [6.45, 7) is 6.52. The van der Waals surface area contributed by atoms with Crippen molar-refractivity contribution < 1.29 is 0 Å². The maximum atomic E-state index is 4.64. The highest BCUT2D eigenvalue weighted by Crippen LogP contribution is 2.25. The van der Waals surface area contributed by atoms with Gasteiger partial charge in [0.15, 0.2) is 0 Å². The van der Waals surface area contributed by atoms with E-state index in [0.29, 0.717) is 6.54 Å². The standard InChI is InChI=1S/C16H15N3S3/c1-12(2)9-17-16-19(18-10-13-5-3-7-20-13)14(11-22-16)15-6-4-8-21-15/h3-8,10-11H,1,9H2,2H3. The fourth-order valence-electron chi connectivity index (χ4n) is 1.80. The van der Waals surface area contributed by atoms with Gasteiger partial charge in [-0.3, -0.25) is 4.99 Å². The molecule has 3 aromatic heterocycles. The van der Waals surface area contributed by atoms with Crippen molar-refractivity contribution in [2.24, 2.45) is 10.1 Å². The number of hydrogen-bond donors (Lipinski definition) is 0. The highest BCUT2D eigenvalue weighted by atomic mass is 32.1. The largest absolute Gasteiger partial charge is 0.253 e. The quantitative estimate of drug-likeness (QED) is 0.474. The van der Waals surface area contributed by atoms with Gasteiger partial charge in [-0.15, -0.1) is 34.0 Å². The molecule has 0 aromatic carbocycles. The third-order valence-electron chi connectivity index (χ3n) is 2.79. The van der Waals surface area contributed by atoms with E-state index < -0.39 is 0 Å². The molecule has 0 N–H and O–H groups in total. The molecule has 22 heavy (non-hydrogen) atoms. The second-order valence-electron chi connectivity index (χ2n) is 4.73. The smallest absolute Gasteiger partial charge is 0.206 e. The van der Waals surface area contributed by atoms with Crippen molar-refractivity contribution in [3.8, 4) is 10.6 Å². The summed E-state index contributed by atoms with van der Waals surface area (Å²) in [6.07, 6.45) is 1.88. The van der Waals surface area contributed by atoms with Crippen molar-refractivity contribution in [1.82, 2.24) is 4.68 Å². The first-order valence-electron chi connectivity index (χ1n) is 6.71. The van der Waals surface area contributed by atoms with E-state index >= 15 is 0 Å². The molecule has 3 heterocycles. The average molecular weight is 346 g/mol. The fourth-order valence-corrected chi connectivity index (χ4v) is 4.01. The lowest BCUT2D eigenvalue weighted by Crippen LogP contribution is -2.12. The summed E-state index contributed by atoms with van der Waals surface area (Å²) in [5.41, 5.74) is 2.12. The summed E-state index contributed by atoms with van der Waals surface area (Å²) >= 11 is 4.98. The Bertz CT molecular complexity index is 834. The molecule has 0 bridgehead atoms. The number of rotatable bonds is 5. The van der Waals surface area contributed by atoms with Gasteiger partial charge in [-0.05, 0) is 29.8 Å². The third-order valence-corrected chi connectivity index (χ3v) is 5.34. The van der Waals surface area contributed by atoms with Gasteiger partial charge in [0.2, 0.25) is 4.80 Å². The zero-order valence-corrected chi connectivity index (χ0v) is 14.5. The van der Waals surface area contributed by atoms with Gasteiger partial charge < -0.3 is 0 Å². The lowest BCUT2D eigenvalue weighted by atomic mass is 10.4. The third kappa shape index (κ3) is 3.52. The summed E-state index contributed by atoms with van der Waals surface area (Å²) in [6, 6.07) is 8.23. The molecule has 0 saturated carbocycles. The molecule has 0 unspecified atom stereocenters. The molecule has 3 nitrogen and oxygen atoms in total. The summed E-state index contributed by atoms with van der Waals surface area (Å²) < 4.78 is 1.92. The maximum Gasteiger partial charge on any atom is 0.206 e. The molecule has 0 aliphatic carbocycles. The van der Waals surface area contributed by atoms with E-state index in [0.717, 1.165) is 20.9 Å². The highest BCUT2D eigenvalue weighted by molar-refractivity contribution is 7.14. The van der Waals surface area contributed by atoms with Crippen LogP contribution in [-0.2, 0) is 0 Å². The van der Waals surface area contributed by atoms with Crippen LogP contribution in [0.4, 0.5) is 0 Å². The van der Waals surface area contributed by atoms with E-state index in [1.807, 2.05) is 29.3 Å². The molecule has 0 amide bonds. The molecule has 3 rings (SSSR count). The fraction of sp³-hybridized carbons (Fsp3) is 0.125. The lowest BCUT2D eigenvalue weighted by molar-refractivity contribution is 0.838. The van der Waals surface area contributed by atoms with Crippen LogP contribution in [0.2, 0.25) is 0 Å². The minimum atomic E-state index is 0.624. The van der Waals surface area contributed by atoms with Crippen molar-refractivity contribution >= 4 is 40.2 Å². The van der Waals surface area contributed by atoms with Gasteiger partial charge in [0, 0.05) is 10.3 Å². The molecule has 6 heteroatoms. The number of thiophene rings is 2. The van der Waals surface area contributed by atoms with Crippen molar-refractivity contribution in [2.45, 2.75) is 6.92 Å². The summed E-state index contributed by atoms with van der Waals surface area (Å²) in [7, 11) is 0. The number of aromatic nitrogens is 1. The van der Waals surface area contributed by atoms with Crippen LogP contribution in [0.1, 0.15) is 11.8 Å². The van der Waals surface area contributed by atoms with E-state index in [1.165, 1.54) is 4.88 Å². The zero-order valence-electron chi connectivity index (χ0n) is 12.1. The van der Waals surface area contributed by atoms with Gasteiger partial charge in [-0.1, -0.05) is 24.3 Å². The second-order valence-corrected chi connectivity index (χ2v) is 7.49. The highest BCUT2D eigenvalue weighted by Gasteiger charge is 2.08. The Balaban J connectivity index is 2.05. The summed E-state index contributed by atoms with van der Waals surface area (Å²) in [4.78, 5) is 7.82. The molecule has 0 aliphatic rings. The number of nitrogens with zero attached hydrogens (tertiary/aromatic N) is 3. The Morgan fingerprint density at radius 3 is 2.73 bits per heavy atom. The Morgan fingerprint density at radius 2 is 2.05 bits per heavy atom. The first-order chi connectivity index (χ1) is 10.7. The van der Waals surface area contributed by atoms with Crippen molar-refractivity contribution in [2.75, 3.05) is 6.54 Å². The van der Waals surface area contributed by atoms with E-state index in [1.54, 1.807) is 34.0 Å². The summed E-state index contributed by atoms with van der Waals surface area (Å²) in [5.74, 6) is 0. The van der Waals surface area contributed by atoms with E-state index in [2.05, 4.69) is 45.6 Å². The normalized spacial score (nSPS) is 12.3. The molecule has 0 radical (unpaired) electrons. The lowest BCUT2D eigenvalue weighted by Gasteiger charge is -2.00. The molecule has 0 saturated heterocycles. The van der Waals surface area contributed by atoms with E-state index in [4.69, 9.17) is 0 Å². The predicted octanol–water partition coefficient (Wildman–Crippen LogP) is 4.70. The van der Waals surface area contributed by atoms with E-state index in [9.17, 15) is 0 Å². The molecular formula is C16H15N3S3. The molecule has 0 atom stereocenters. The average Bonchev–Trinajstić information content (AvgIpc) is 3.23. The van der Waals surface area contributed by atoms with Crippen LogP contribution in [0.3, 0.4) is 0 Å². The molecule has 112 valence electrons. The van der Waals surface area contributed by atoms with E-state index in [-0.39, 0.29) is 0 Å². The first-order valence-corrected chi connectivity index (χ1v) is 9.35. The topological polar surface area (TPSA) is 29.6 Å². The molecule has 0 aliphatic heterocycles. The minimum absolute atomic E-state index is 0.624. The van der Waals surface area contributed by atoms with Crippen molar-refractivity contribution in [3.05, 3.63) is 62.2 Å². The van der Waals surface area contributed by atoms with Crippen LogP contribution in [0.25, 0.3) is 10.6 Å². The van der Waals surface area contributed by atoms with Crippen LogP contribution in [-0.4, -0.2) is 17.4 Å². The molecule has 0 fully saturated rings. The molecule has 0 spiro atoms. The first kappa shape index (κ1) is 15.1. The predicted molar refractivity (Wildman–Crippen MR) is 98.2 cm³/mol. The van der Waals surface area contributed by atoms with Crippen LogP contribution >= 0.6 is 34.0 Å².